The number of nitrogens with two attached hydrogens (primary N) is 1. The standard InChI is InChI=1S/C6H4BrClN2O2/c7-3-1-2(9)4(8)5(10-3)6(11)12/h1H,(H2,9,10)(H,11,12). The van der Waals surface area contributed by atoms with Crippen LogP contribution < -0.4 is 5.73 Å². The molecule has 4 nitrogen and oxygen atoms in total. The Labute approximate surface area is 81.5 Å². The number of hydrogen-bond acceptors (Lipinski definition) is 3. The van der Waals surface area contributed by atoms with E-state index >= 15 is 0 Å². The van der Waals surface area contributed by atoms with Crippen LogP contribution in [-0.2, 0) is 0 Å². The van der Waals surface area contributed by atoms with Gasteiger partial charge in [0, 0.05) is 0 Å². The van der Waals surface area contributed by atoms with Crippen LogP contribution in [0.4, 0.5) is 5.69 Å². The molecule has 0 amide bonds. The number of nitrogens with zero attached hydrogens (tertiary/aromatic N) is 1. The Balaban J connectivity index is 3.37. The van der Waals surface area contributed by atoms with Crippen molar-refractivity contribution >= 4 is 39.2 Å². The average Bonchev–Trinajstić information content (AvgIpc) is 1.96. The minimum atomic E-state index is -1.20. The first-order valence-corrected chi connectivity index (χ1v) is 4.04. The van der Waals surface area contributed by atoms with E-state index in [0.29, 0.717) is 4.60 Å². The average molecular weight is 251 g/mol. The van der Waals surface area contributed by atoms with Crippen molar-refractivity contribution < 1.29 is 9.90 Å². The predicted molar refractivity (Wildman–Crippen MR) is 48.3 cm³/mol. The molecule has 0 aromatic carbocycles. The zero-order valence-corrected chi connectivity index (χ0v) is 8.06. The van der Waals surface area contributed by atoms with Crippen molar-refractivity contribution in [2.75, 3.05) is 5.73 Å². The highest BCUT2D eigenvalue weighted by molar-refractivity contribution is 9.10. The fourth-order valence-electron chi connectivity index (χ4n) is 0.658. The fourth-order valence-corrected chi connectivity index (χ4v) is 1.26. The van der Waals surface area contributed by atoms with Crippen LogP contribution in [0.2, 0.25) is 5.02 Å². The summed E-state index contributed by atoms with van der Waals surface area (Å²) < 4.78 is 0.349. The Morgan fingerprint density at radius 3 is 2.83 bits per heavy atom. The predicted octanol–water partition coefficient (Wildman–Crippen LogP) is 1.78. The first-order valence-electron chi connectivity index (χ1n) is 2.87. The summed E-state index contributed by atoms with van der Waals surface area (Å²) in [5.74, 6) is -1.20. The van der Waals surface area contributed by atoms with E-state index in [9.17, 15) is 4.79 Å². The molecule has 1 aromatic rings. The van der Waals surface area contributed by atoms with Gasteiger partial charge in [0.05, 0.1) is 10.7 Å². The van der Waals surface area contributed by atoms with Gasteiger partial charge in [0.2, 0.25) is 0 Å². The summed E-state index contributed by atoms with van der Waals surface area (Å²) in [7, 11) is 0. The number of anilines is 1. The zero-order chi connectivity index (χ0) is 9.30. The first kappa shape index (κ1) is 9.28. The second-order valence-electron chi connectivity index (χ2n) is 2.00. The largest absolute Gasteiger partial charge is 0.476 e. The summed E-state index contributed by atoms with van der Waals surface area (Å²) in [6.45, 7) is 0. The second-order valence-corrected chi connectivity index (χ2v) is 3.19. The Bertz CT molecular complexity index is 343. The van der Waals surface area contributed by atoms with Gasteiger partial charge in [-0.1, -0.05) is 11.6 Å². The number of nitrogen functional groups attached to an aromatic ring is 1. The van der Waals surface area contributed by atoms with E-state index in [1.54, 1.807) is 0 Å². The third kappa shape index (κ3) is 1.67. The topological polar surface area (TPSA) is 76.2 Å². The minimum Gasteiger partial charge on any atom is -0.476 e. The van der Waals surface area contributed by atoms with Crippen LogP contribution >= 0.6 is 27.5 Å². The molecule has 64 valence electrons. The van der Waals surface area contributed by atoms with Crippen LogP contribution in [0, 0.1) is 0 Å². The van der Waals surface area contributed by atoms with Gasteiger partial charge in [-0.15, -0.1) is 0 Å². The summed E-state index contributed by atoms with van der Waals surface area (Å²) in [6.07, 6.45) is 0. The van der Waals surface area contributed by atoms with E-state index in [2.05, 4.69) is 20.9 Å². The fraction of sp³-hybridized carbons (Fsp3) is 0. The van der Waals surface area contributed by atoms with Crippen LogP contribution in [0.5, 0.6) is 0 Å². The molecule has 0 saturated heterocycles. The van der Waals surface area contributed by atoms with Crippen LogP contribution in [0.1, 0.15) is 10.5 Å². The molecule has 0 radical (unpaired) electrons. The molecule has 6 heteroatoms. The number of aromatic carboxylic acids is 1. The number of halogens is 2. The Morgan fingerprint density at radius 2 is 2.33 bits per heavy atom. The van der Waals surface area contributed by atoms with Gasteiger partial charge in [0.15, 0.2) is 5.69 Å². The lowest BCUT2D eigenvalue weighted by atomic mass is 10.3. The Kier molecular flexibility index (Phi) is 2.54. The molecule has 1 rings (SSSR count). The molecule has 0 aliphatic carbocycles. The maximum Gasteiger partial charge on any atom is 0.356 e. The number of carboxylic acid groups (broad SMARTS) is 1. The molecule has 0 fully saturated rings. The maximum atomic E-state index is 10.5. The molecule has 0 saturated carbocycles. The number of pyridine rings is 1. The van der Waals surface area contributed by atoms with Crippen molar-refractivity contribution in [1.82, 2.24) is 4.98 Å². The number of carbonyl (C=O) groups is 1. The Morgan fingerprint density at radius 1 is 1.75 bits per heavy atom. The van der Waals surface area contributed by atoms with E-state index in [1.807, 2.05) is 0 Å². The van der Waals surface area contributed by atoms with E-state index in [1.165, 1.54) is 6.07 Å². The lowest BCUT2D eigenvalue weighted by molar-refractivity contribution is 0.0690. The molecule has 0 bridgehead atoms. The zero-order valence-electron chi connectivity index (χ0n) is 5.71. The van der Waals surface area contributed by atoms with Crippen molar-refractivity contribution in [3.63, 3.8) is 0 Å². The molecular weight excluding hydrogens is 247 g/mol. The normalized spacial score (nSPS) is 9.83. The Hall–Kier alpha value is -0.810. The summed E-state index contributed by atoms with van der Waals surface area (Å²) in [4.78, 5) is 14.1. The molecule has 1 heterocycles. The molecule has 3 N–H and O–H groups in total. The van der Waals surface area contributed by atoms with Crippen LogP contribution in [0.15, 0.2) is 10.7 Å². The lowest BCUT2D eigenvalue weighted by Crippen LogP contribution is -2.03. The number of carboxylic acids is 1. The van der Waals surface area contributed by atoms with Gasteiger partial charge in [-0.05, 0) is 22.0 Å². The van der Waals surface area contributed by atoms with Gasteiger partial charge in [-0.2, -0.15) is 0 Å². The van der Waals surface area contributed by atoms with Gasteiger partial charge in [-0.3, -0.25) is 0 Å². The molecule has 12 heavy (non-hydrogen) atoms. The van der Waals surface area contributed by atoms with E-state index < -0.39 is 5.97 Å². The van der Waals surface area contributed by atoms with Crippen molar-refractivity contribution in [3.05, 3.63) is 21.4 Å². The van der Waals surface area contributed by atoms with E-state index in [-0.39, 0.29) is 16.4 Å². The van der Waals surface area contributed by atoms with Crippen molar-refractivity contribution in [2.24, 2.45) is 0 Å². The summed E-state index contributed by atoms with van der Waals surface area (Å²) in [5, 5.41) is 8.55. The summed E-state index contributed by atoms with van der Waals surface area (Å²) >= 11 is 8.57. The van der Waals surface area contributed by atoms with Crippen LogP contribution in [-0.4, -0.2) is 16.1 Å². The second kappa shape index (κ2) is 3.28. The molecule has 1 aromatic heterocycles. The highest BCUT2D eigenvalue weighted by atomic mass is 79.9. The van der Waals surface area contributed by atoms with Gasteiger partial charge in [-0.25, -0.2) is 9.78 Å². The molecule has 0 spiro atoms. The molecule has 0 aliphatic heterocycles. The molecule has 0 unspecified atom stereocenters. The SMILES string of the molecule is Nc1cc(Br)nc(C(=O)O)c1Cl. The van der Waals surface area contributed by atoms with Gasteiger partial charge in [0.1, 0.15) is 4.60 Å². The number of rotatable bonds is 1. The third-order valence-corrected chi connectivity index (χ3v) is 1.96. The van der Waals surface area contributed by atoms with Crippen molar-refractivity contribution in [2.45, 2.75) is 0 Å². The summed E-state index contributed by atoms with van der Waals surface area (Å²) in [5.41, 5.74) is 5.34. The maximum absolute atomic E-state index is 10.5. The number of hydrogen-bond donors (Lipinski definition) is 2. The van der Waals surface area contributed by atoms with Crippen molar-refractivity contribution in [1.29, 1.82) is 0 Å². The third-order valence-electron chi connectivity index (χ3n) is 1.16. The van der Waals surface area contributed by atoms with Crippen molar-refractivity contribution in [3.8, 4) is 0 Å². The molecule has 0 atom stereocenters. The van der Waals surface area contributed by atoms with E-state index in [0.717, 1.165) is 0 Å². The minimum absolute atomic E-state index is 0.0364. The molecular formula is C6H4BrClN2O2. The highest BCUT2D eigenvalue weighted by Crippen LogP contribution is 2.24. The van der Waals surface area contributed by atoms with Gasteiger partial charge >= 0.3 is 5.97 Å². The summed E-state index contributed by atoms with van der Waals surface area (Å²) in [6, 6.07) is 1.44. The molecule has 0 aliphatic rings. The smallest absolute Gasteiger partial charge is 0.356 e. The highest BCUT2D eigenvalue weighted by Gasteiger charge is 2.13. The van der Waals surface area contributed by atoms with Crippen LogP contribution in [0.25, 0.3) is 0 Å². The first-order chi connectivity index (χ1) is 5.52. The number of aromatic nitrogens is 1. The lowest BCUT2D eigenvalue weighted by Gasteiger charge is -2.01. The van der Waals surface area contributed by atoms with Crippen LogP contribution in [0.3, 0.4) is 0 Å². The van der Waals surface area contributed by atoms with Gasteiger partial charge in [0.25, 0.3) is 0 Å². The quantitative estimate of drug-likeness (QED) is 0.746. The van der Waals surface area contributed by atoms with Gasteiger partial charge < -0.3 is 10.8 Å². The monoisotopic (exact) mass is 250 g/mol. The van der Waals surface area contributed by atoms with E-state index in [4.69, 9.17) is 22.4 Å².